The minimum absolute atomic E-state index is 0.0937. The van der Waals surface area contributed by atoms with Gasteiger partial charge in [0.2, 0.25) is 0 Å². The number of hydrogen-bond donors (Lipinski definition) is 3. The van der Waals surface area contributed by atoms with E-state index < -0.39 is 6.10 Å². The first-order valence-electron chi connectivity index (χ1n) is 8.90. The molecular weight excluding hydrogens is 342 g/mol. The van der Waals surface area contributed by atoms with Gasteiger partial charge in [0.25, 0.3) is 0 Å². The van der Waals surface area contributed by atoms with Crippen molar-refractivity contribution >= 4 is 17.0 Å². The average molecular weight is 363 g/mol. The molecular formula is C20H21N5O2. The summed E-state index contributed by atoms with van der Waals surface area (Å²) in [5, 5.41) is 17.6. The van der Waals surface area contributed by atoms with Crippen molar-refractivity contribution in [2.45, 2.75) is 37.5 Å². The van der Waals surface area contributed by atoms with Crippen LogP contribution in [0.4, 0.5) is 11.5 Å². The topological polar surface area (TPSA) is 97.7 Å². The SMILES string of the molecule is C#Cc1cccc(Nc2ncnn3ccc(OC4CCC(N)C(O)C4)c23)c1. The number of anilines is 2. The molecule has 1 aliphatic rings. The van der Waals surface area contributed by atoms with Gasteiger partial charge in [0.15, 0.2) is 11.6 Å². The van der Waals surface area contributed by atoms with E-state index in [-0.39, 0.29) is 12.1 Å². The summed E-state index contributed by atoms with van der Waals surface area (Å²) >= 11 is 0. The van der Waals surface area contributed by atoms with E-state index in [0.717, 1.165) is 29.6 Å². The molecule has 4 rings (SSSR count). The van der Waals surface area contributed by atoms with Gasteiger partial charge in [0.1, 0.15) is 17.9 Å². The number of rotatable bonds is 4. The third kappa shape index (κ3) is 3.58. The van der Waals surface area contributed by atoms with E-state index in [1.807, 2.05) is 36.5 Å². The molecule has 2 heterocycles. The van der Waals surface area contributed by atoms with Gasteiger partial charge in [-0.05, 0) is 31.0 Å². The number of ether oxygens (including phenoxy) is 1. The van der Waals surface area contributed by atoms with E-state index in [0.29, 0.717) is 18.0 Å². The maximum absolute atomic E-state index is 10.0. The Hall–Kier alpha value is -3.08. The number of aliphatic hydroxyl groups is 1. The quantitative estimate of drug-likeness (QED) is 0.614. The first-order chi connectivity index (χ1) is 13.1. The lowest BCUT2D eigenvalue weighted by atomic mass is 9.91. The van der Waals surface area contributed by atoms with Gasteiger partial charge >= 0.3 is 0 Å². The van der Waals surface area contributed by atoms with Crippen LogP contribution in [0.2, 0.25) is 0 Å². The average Bonchev–Trinajstić information content (AvgIpc) is 3.09. The van der Waals surface area contributed by atoms with Crippen molar-refractivity contribution in [3.05, 3.63) is 48.4 Å². The highest BCUT2D eigenvalue weighted by Gasteiger charge is 2.28. The fraction of sp³-hybridized carbons (Fsp3) is 0.300. The minimum atomic E-state index is -0.544. The second-order valence-electron chi connectivity index (χ2n) is 6.72. The summed E-state index contributed by atoms with van der Waals surface area (Å²) in [6, 6.07) is 9.22. The second kappa shape index (κ2) is 7.27. The van der Waals surface area contributed by atoms with Crippen molar-refractivity contribution in [3.63, 3.8) is 0 Å². The van der Waals surface area contributed by atoms with Crippen molar-refractivity contribution in [2.24, 2.45) is 5.73 Å². The van der Waals surface area contributed by atoms with Crippen LogP contribution in [0.5, 0.6) is 5.75 Å². The molecule has 0 radical (unpaired) electrons. The van der Waals surface area contributed by atoms with Crippen molar-refractivity contribution < 1.29 is 9.84 Å². The molecule has 0 spiro atoms. The van der Waals surface area contributed by atoms with Crippen molar-refractivity contribution in [1.82, 2.24) is 14.6 Å². The summed E-state index contributed by atoms with van der Waals surface area (Å²) in [6.07, 6.45) is 10.2. The molecule has 0 amide bonds. The summed E-state index contributed by atoms with van der Waals surface area (Å²) in [6.45, 7) is 0. The zero-order valence-corrected chi connectivity index (χ0v) is 14.7. The summed E-state index contributed by atoms with van der Waals surface area (Å²) in [5.74, 6) is 3.91. The highest BCUT2D eigenvalue weighted by molar-refractivity contribution is 5.79. The summed E-state index contributed by atoms with van der Waals surface area (Å²) < 4.78 is 7.87. The smallest absolute Gasteiger partial charge is 0.162 e. The molecule has 1 saturated carbocycles. The number of aliphatic hydroxyl groups excluding tert-OH is 1. The van der Waals surface area contributed by atoms with Crippen LogP contribution in [0.25, 0.3) is 5.52 Å². The van der Waals surface area contributed by atoms with Crippen LogP contribution >= 0.6 is 0 Å². The van der Waals surface area contributed by atoms with Crippen LogP contribution in [-0.4, -0.2) is 38.0 Å². The molecule has 27 heavy (non-hydrogen) atoms. The summed E-state index contributed by atoms with van der Waals surface area (Å²) in [7, 11) is 0. The highest BCUT2D eigenvalue weighted by atomic mass is 16.5. The van der Waals surface area contributed by atoms with Gasteiger partial charge < -0.3 is 20.9 Å². The normalized spacial score (nSPS) is 22.3. The summed E-state index contributed by atoms with van der Waals surface area (Å²) in [5.41, 5.74) is 8.23. The lowest BCUT2D eigenvalue weighted by Gasteiger charge is -2.30. The predicted octanol–water partition coefficient (Wildman–Crippen LogP) is 2.07. The Balaban J connectivity index is 1.62. The Morgan fingerprint density at radius 3 is 3.04 bits per heavy atom. The fourth-order valence-electron chi connectivity index (χ4n) is 3.36. The number of hydrogen-bond acceptors (Lipinski definition) is 6. The van der Waals surface area contributed by atoms with E-state index in [4.69, 9.17) is 16.9 Å². The molecule has 3 unspecified atom stereocenters. The molecule has 2 aromatic heterocycles. The van der Waals surface area contributed by atoms with Crippen LogP contribution in [-0.2, 0) is 0 Å². The summed E-state index contributed by atoms with van der Waals surface area (Å²) in [4.78, 5) is 4.37. The molecule has 0 aliphatic heterocycles. The fourth-order valence-corrected chi connectivity index (χ4v) is 3.36. The molecule has 0 saturated heterocycles. The van der Waals surface area contributed by atoms with E-state index in [1.165, 1.54) is 6.33 Å². The third-order valence-electron chi connectivity index (χ3n) is 4.82. The Morgan fingerprint density at radius 1 is 1.33 bits per heavy atom. The van der Waals surface area contributed by atoms with Crippen LogP contribution in [0.3, 0.4) is 0 Å². The Kier molecular flexibility index (Phi) is 4.67. The number of aromatic nitrogens is 3. The number of nitrogens with zero attached hydrogens (tertiary/aromatic N) is 3. The molecule has 0 bridgehead atoms. The number of benzene rings is 1. The van der Waals surface area contributed by atoms with Gasteiger partial charge in [-0.25, -0.2) is 9.50 Å². The Morgan fingerprint density at radius 2 is 2.22 bits per heavy atom. The van der Waals surface area contributed by atoms with E-state index in [9.17, 15) is 5.11 Å². The van der Waals surface area contributed by atoms with E-state index in [1.54, 1.807) is 4.52 Å². The molecule has 7 heteroatoms. The Bertz CT molecular complexity index is 993. The van der Waals surface area contributed by atoms with Gasteiger partial charge in [0.05, 0.1) is 6.10 Å². The molecule has 4 N–H and O–H groups in total. The molecule has 1 aromatic carbocycles. The molecule has 7 nitrogen and oxygen atoms in total. The van der Waals surface area contributed by atoms with Gasteiger partial charge in [-0.1, -0.05) is 12.0 Å². The maximum atomic E-state index is 10.0. The van der Waals surface area contributed by atoms with Crippen molar-refractivity contribution in [1.29, 1.82) is 0 Å². The van der Waals surface area contributed by atoms with Crippen LogP contribution in [0, 0.1) is 12.3 Å². The monoisotopic (exact) mass is 363 g/mol. The van der Waals surface area contributed by atoms with Gasteiger partial charge in [-0.3, -0.25) is 0 Å². The van der Waals surface area contributed by atoms with E-state index >= 15 is 0 Å². The van der Waals surface area contributed by atoms with E-state index in [2.05, 4.69) is 21.3 Å². The third-order valence-corrected chi connectivity index (χ3v) is 4.82. The lowest BCUT2D eigenvalue weighted by Crippen LogP contribution is -2.43. The molecule has 138 valence electrons. The van der Waals surface area contributed by atoms with Gasteiger partial charge in [-0.2, -0.15) is 5.10 Å². The van der Waals surface area contributed by atoms with Crippen LogP contribution < -0.4 is 15.8 Å². The largest absolute Gasteiger partial charge is 0.488 e. The minimum Gasteiger partial charge on any atom is -0.488 e. The second-order valence-corrected chi connectivity index (χ2v) is 6.72. The van der Waals surface area contributed by atoms with Crippen LogP contribution in [0.15, 0.2) is 42.9 Å². The number of terminal acetylenes is 1. The maximum Gasteiger partial charge on any atom is 0.162 e. The highest BCUT2D eigenvalue weighted by Crippen LogP contribution is 2.31. The molecule has 3 aromatic rings. The first-order valence-corrected chi connectivity index (χ1v) is 8.90. The molecule has 1 fully saturated rings. The van der Waals surface area contributed by atoms with Gasteiger partial charge in [0, 0.05) is 36.0 Å². The van der Waals surface area contributed by atoms with Crippen molar-refractivity contribution in [2.75, 3.05) is 5.32 Å². The molecule has 1 aliphatic carbocycles. The zero-order valence-electron chi connectivity index (χ0n) is 14.7. The number of fused-ring (bicyclic) bond motifs is 1. The standard InChI is InChI=1S/C20H21N5O2/c1-2-13-4-3-5-14(10-13)24-20-19-18(8-9-25(19)23-12-22-20)27-15-6-7-16(21)17(26)11-15/h1,3-5,8-10,12,15-17,26H,6-7,11,21H2,(H,22,23,24). The van der Waals surface area contributed by atoms with Gasteiger partial charge in [-0.15, -0.1) is 6.42 Å². The van der Waals surface area contributed by atoms with Crippen molar-refractivity contribution in [3.8, 4) is 18.1 Å². The Labute approximate surface area is 157 Å². The predicted molar refractivity (Wildman–Crippen MR) is 103 cm³/mol. The zero-order chi connectivity index (χ0) is 18.8. The van der Waals surface area contributed by atoms with Crippen LogP contribution in [0.1, 0.15) is 24.8 Å². The lowest BCUT2D eigenvalue weighted by molar-refractivity contribution is 0.0399. The first kappa shape index (κ1) is 17.3. The number of nitrogens with one attached hydrogen (secondary N) is 1. The number of nitrogens with two attached hydrogens (primary N) is 1. The molecule has 3 atom stereocenters.